The molecule has 5 nitrogen and oxygen atoms in total. The van der Waals surface area contributed by atoms with Gasteiger partial charge in [0.2, 0.25) is 5.91 Å². The van der Waals surface area contributed by atoms with Gasteiger partial charge in [0.1, 0.15) is 12.9 Å². The highest BCUT2D eigenvalue weighted by Crippen LogP contribution is 2.05. The van der Waals surface area contributed by atoms with Gasteiger partial charge >= 0.3 is 0 Å². The van der Waals surface area contributed by atoms with Crippen LogP contribution in [0.1, 0.15) is 11.4 Å². The topological polar surface area (TPSA) is 72.4 Å². The Morgan fingerprint density at radius 1 is 1.57 bits per heavy atom. The molecule has 1 heterocycles. The van der Waals surface area contributed by atoms with Crippen LogP contribution >= 0.6 is 0 Å². The van der Waals surface area contributed by atoms with Crippen molar-refractivity contribution in [1.29, 1.82) is 0 Å². The number of hydrazone groups is 1. The molecule has 1 aromatic heterocycles. The Bertz CT molecular complexity index is 334. The maximum absolute atomic E-state index is 11.3. The fourth-order valence-electron chi connectivity index (χ4n) is 1.25. The molecular weight excluding hydrogens is 180 g/mol. The molecule has 3 N–H and O–H groups in total. The van der Waals surface area contributed by atoms with E-state index >= 15 is 0 Å². The van der Waals surface area contributed by atoms with Crippen molar-refractivity contribution in [3.8, 4) is 0 Å². The van der Waals surface area contributed by atoms with E-state index in [9.17, 15) is 4.79 Å². The van der Waals surface area contributed by atoms with Gasteiger partial charge in [-0.05, 0) is 26.0 Å². The Hall–Kier alpha value is -1.78. The number of hydrogen-bond acceptors (Lipinski definition) is 3. The Morgan fingerprint density at radius 2 is 2.14 bits per heavy atom. The van der Waals surface area contributed by atoms with Gasteiger partial charge in [-0.1, -0.05) is 0 Å². The van der Waals surface area contributed by atoms with E-state index < -0.39 is 0 Å². The number of nitrogens with one attached hydrogen (secondary N) is 1. The first-order valence-corrected chi connectivity index (χ1v) is 4.29. The predicted octanol–water partition coefficient (Wildman–Crippen LogP) is 0.123. The predicted molar refractivity (Wildman–Crippen MR) is 54.7 cm³/mol. The highest BCUT2D eigenvalue weighted by molar-refractivity contribution is 5.87. The summed E-state index contributed by atoms with van der Waals surface area (Å²) in [5.41, 5.74) is 2.12. The third-order valence-corrected chi connectivity index (χ3v) is 2.02. The lowest BCUT2D eigenvalue weighted by Gasteiger charge is -2.07. The summed E-state index contributed by atoms with van der Waals surface area (Å²) in [6.07, 6.45) is 1.18. The molecule has 0 atom stereocenters. The molecule has 0 aromatic carbocycles. The summed E-state index contributed by atoms with van der Waals surface area (Å²) in [7, 11) is 0. The molecule has 0 fully saturated rings. The third-order valence-electron chi connectivity index (χ3n) is 2.02. The molecule has 1 aromatic rings. The standard InChI is InChI=1S/C9H14N4O/c1-7-3-4-8(2)13(7)5-9(14)11-6-12-10/h3-4,6H,5,10H2,1-2H3,(H,11,12,14). The number of amides is 1. The lowest BCUT2D eigenvalue weighted by Crippen LogP contribution is -2.27. The maximum Gasteiger partial charge on any atom is 0.245 e. The van der Waals surface area contributed by atoms with Crippen LogP contribution < -0.4 is 11.2 Å². The van der Waals surface area contributed by atoms with Gasteiger partial charge in [0.25, 0.3) is 0 Å². The highest BCUT2D eigenvalue weighted by Gasteiger charge is 2.05. The van der Waals surface area contributed by atoms with Crippen LogP contribution in [0.2, 0.25) is 0 Å². The second-order valence-electron chi connectivity index (χ2n) is 3.05. The number of nitrogens with zero attached hydrogens (tertiary/aromatic N) is 2. The summed E-state index contributed by atoms with van der Waals surface area (Å²) < 4.78 is 1.92. The van der Waals surface area contributed by atoms with Crippen molar-refractivity contribution in [2.45, 2.75) is 20.4 Å². The molecule has 0 saturated carbocycles. The molecule has 0 radical (unpaired) electrons. The van der Waals surface area contributed by atoms with Crippen LogP contribution in [0.4, 0.5) is 0 Å². The normalized spacial score (nSPS) is 10.7. The zero-order valence-corrected chi connectivity index (χ0v) is 8.32. The SMILES string of the molecule is Cc1ccc(C)n1CC(=O)N/C=N/N. The quantitative estimate of drug-likeness (QED) is 0.310. The second kappa shape index (κ2) is 4.45. The minimum atomic E-state index is -0.137. The summed E-state index contributed by atoms with van der Waals surface area (Å²) in [5, 5.41) is 5.63. The van der Waals surface area contributed by atoms with E-state index in [0.717, 1.165) is 11.4 Å². The zero-order chi connectivity index (χ0) is 10.6. The number of rotatable bonds is 3. The van der Waals surface area contributed by atoms with Gasteiger partial charge in [-0.15, -0.1) is 0 Å². The number of aryl methyl sites for hydroxylation is 2. The van der Waals surface area contributed by atoms with Gasteiger partial charge in [0, 0.05) is 11.4 Å². The van der Waals surface area contributed by atoms with Crippen LogP contribution in [0, 0.1) is 13.8 Å². The number of aromatic nitrogens is 1. The summed E-state index contributed by atoms with van der Waals surface area (Å²) in [6, 6.07) is 3.94. The van der Waals surface area contributed by atoms with E-state index in [1.54, 1.807) is 0 Å². The van der Waals surface area contributed by atoms with E-state index in [4.69, 9.17) is 5.84 Å². The average Bonchev–Trinajstić information content (AvgIpc) is 2.46. The van der Waals surface area contributed by atoms with Crippen molar-refractivity contribution < 1.29 is 4.79 Å². The van der Waals surface area contributed by atoms with Crippen molar-refractivity contribution in [3.05, 3.63) is 23.5 Å². The first-order chi connectivity index (χ1) is 6.65. The van der Waals surface area contributed by atoms with Crippen LogP contribution in [-0.4, -0.2) is 16.8 Å². The first kappa shape index (κ1) is 10.3. The summed E-state index contributed by atoms with van der Waals surface area (Å²) in [6.45, 7) is 4.20. The van der Waals surface area contributed by atoms with Crippen molar-refractivity contribution in [3.63, 3.8) is 0 Å². The summed E-state index contributed by atoms with van der Waals surface area (Å²) >= 11 is 0. The molecule has 0 spiro atoms. The molecule has 1 rings (SSSR count). The Balaban J connectivity index is 2.64. The first-order valence-electron chi connectivity index (χ1n) is 4.29. The molecule has 0 aliphatic carbocycles. The van der Waals surface area contributed by atoms with E-state index in [1.165, 1.54) is 6.34 Å². The molecule has 0 aliphatic heterocycles. The van der Waals surface area contributed by atoms with Crippen LogP contribution in [-0.2, 0) is 11.3 Å². The van der Waals surface area contributed by atoms with Gasteiger partial charge in [0.15, 0.2) is 0 Å². The highest BCUT2D eigenvalue weighted by atomic mass is 16.1. The van der Waals surface area contributed by atoms with Crippen molar-refractivity contribution in [2.24, 2.45) is 10.9 Å². The van der Waals surface area contributed by atoms with Crippen LogP contribution in [0.15, 0.2) is 17.2 Å². The Labute approximate surface area is 82.6 Å². The number of carbonyl (C=O) groups is 1. The van der Waals surface area contributed by atoms with Gasteiger partial charge in [-0.25, -0.2) is 0 Å². The van der Waals surface area contributed by atoms with Gasteiger partial charge in [0.05, 0.1) is 0 Å². The number of nitrogens with two attached hydrogens (primary N) is 1. The van der Waals surface area contributed by atoms with E-state index in [1.807, 2.05) is 30.5 Å². The van der Waals surface area contributed by atoms with Crippen LogP contribution in [0.3, 0.4) is 0 Å². The molecule has 1 amide bonds. The molecule has 0 unspecified atom stereocenters. The van der Waals surface area contributed by atoms with E-state index in [-0.39, 0.29) is 12.5 Å². The lowest BCUT2D eigenvalue weighted by atomic mass is 10.4. The average molecular weight is 194 g/mol. The van der Waals surface area contributed by atoms with Crippen molar-refractivity contribution in [1.82, 2.24) is 9.88 Å². The second-order valence-corrected chi connectivity index (χ2v) is 3.05. The smallest absolute Gasteiger partial charge is 0.245 e. The van der Waals surface area contributed by atoms with Crippen molar-refractivity contribution >= 4 is 12.2 Å². The van der Waals surface area contributed by atoms with Gasteiger partial charge < -0.3 is 15.7 Å². The summed E-state index contributed by atoms with van der Waals surface area (Å²) in [5.74, 6) is 4.72. The van der Waals surface area contributed by atoms with Crippen LogP contribution in [0.5, 0.6) is 0 Å². The molecule has 76 valence electrons. The van der Waals surface area contributed by atoms with E-state index in [2.05, 4.69) is 10.4 Å². The Morgan fingerprint density at radius 3 is 2.64 bits per heavy atom. The van der Waals surface area contributed by atoms with Crippen molar-refractivity contribution in [2.75, 3.05) is 0 Å². The monoisotopic (exact) mass is 194 g/mol. The minimum Gasteiger partial charge on any atom is -0.340 e. The van der Waals surface area contributed by atoms with Gasteiger partial charge in [-0.3, -0.25) is 4.79 Å². The fourth-order valence-corrected chi connectivity index (χ4v) is 1.25. The molecule has 5 heteroatoms. The minimum absolute atomic E-state index is 0.137. The number of carbonyl (C=O) groups excluding carboxylic acids is 1. The van der Waals surface area contributed by atoms with Gasteiger partial charge in [-0.2, -0.15) is 5.10 Å². The lowest BCUT2D eigenvalue weighted by molar-refractivity contribution is -0.120. The third kappa shape index (κ3) is 2.35. The largest absolute Gasteiger partial charge is 0.340 e. The molecule has 0 saturated heterocycles. The molecule has 0 aliphatic rings. The Kier molecular flexibility index (Phi) is 3.28. The molecule has 0 bridgehead atoms. The molecular formula is C9H14N4O. The maximum atomic E-state index is 11.3. The summed E-state index contributed by atoms with van der Waals surface area (Å²) in [4.78, 5) is 11.3. The zero-order valence-electron chi connectivity index (χ0n) is 8.32. The van der Waals surface area contributed by atoms with E-state index in [0.29, 0.717) is 0 Å². The molecule has 14 heavy (non-hydrogen) atoms. The fraction of sp³-hybridized carbons (Fsp3) is 0.333. The van der Waals surface area contributed by atoms with Crippen LogP contribution in [0.25, 0.3) is 0 Å². The number of hydrogen-bond donors (Lipinski definition) is 2.